The fourth-order valence-electron chi connectivity index (χ4n) is 2.19. The molecule has 2 rings (SSSR count). The van der Waals surface area contributed by atoms with Crippen LogP contribution in [0.5, 0.6) is 0 Å². The van der Waals surface area contributed by atoms with Crippen LogP contribution < -0.4 is 5.73 Å². The van der Waals surface area contributed by atoms with E-state index in [1.807, 2.05) is 4.68 Å². The van der Waals surface area contributed by atoms with Crippen molar-refractivity contribution in [2.45, 2.75) is 50.6 Å². The molecule has 2 N–H and O–H groups in total. The molecule has 1 heterocycles. The zero-order chi connectivity index (χ0) is 9.86. The molecule has 4 heteroatoms. The van der Waals surface area contributed by atoms with Crippen LogP contribution in [0.1, 0.15) is 38.5 Å². The number of nitrogens with two attached hydrogens (primary N) is 1. The molecule has 0 bridgehead atoms. The zero-order valence-corrected chi connectivity index (χ0v) is 8.52. The second-order valence-electron chi connectivity index (χ2n) is 4.33. The molecule has 1 aliphatic rings. The van der Waals surface area contributed by atoms with Crippen molar-refractivity contribution in [3.8, 4) is 0 Å². The Labute approximate surface area is 84.5 Å². The van der Waals surface area contributed by atoms with E-state index in [4.69, 9.17) is 5.73 Å². The summed E-state index contributed by atoms with van der Waals surface area (Å²) in [5.74, 6) is 0. The van der Waals surface area contributed by atoms with Crippen LogP contribution in [0.4, 0.5) is 0 Å². The maximum atomic E-state index is 6.31. The molecule has 4 nitrogen and oxygen atoms in total. The van der Waals surface area contributed by atoms with Gasteiger partial charge < -0.3 is 5.73 Å². The lowest BCUT2D eigenvalue weighted by atomic mass is 9.80. The van der Waals surface area contributed by atoms with Gasteiger partial charge in [0.05, 0.1) is 0 Å². The highest BCUT2D eigenvalue weighted by Crippen LogP contribution is 2.28. The summed E-state index contributed by atoms with van der Waals surface area (Å²) in [6, 6.07) is 0. The van der Waals surface area contributed by atoms with E-state index in [9.17, 15) is 0 Å². The molecule has 14 heavy (non-hydrogen) atoms. The zero-order valence-electron chi connectivity index (χ0n) is 8.52. The molecule has 78 valence electrons. The van der Waals surface area contributed by atoms with Crippen molar-refractivity contribution in [2.24, 2.45) is 5.73 Å². The molecule has 1 saturated carbocycles. The summed E-state index contributed by atoms with van der Waals surface area (Å²) >= 11 is 0. The Kier molecular flexibility index (Phi) is 2.82. The van der Waals surface area contributed by atoms with Gasteiger partial charge >= 0.3 is 0 Å². The Bertz CT molecular complexity index is 262. The van der Waals surface area contributed by atoms with Crippen molar-refractivity contribution in [3.63, 3.8) is 0 Å². The van der Waals surface area contributed by atoms with Crippen LogP contribution in [0.3, 0.4) is 0 Å². The van der Waals surface area contributed by atoms with Gasteiger partial charge in [-0.2, -0.15) is 5.10 Å². The van der Waals surface area contributed by atoms with Gasteiger partial charge in [-0.15, -0.1) is 0 Å². The second-order valence-corrected chi connectivity index (χ2v) is 4.33. The molecule has 1 aromatic heterocycles. The van der Waals surface area contributed by atoms with Gasteiger partial charge in [0.15, 0.2) is 0 Å². The lowest BCUT2D eigenvalue weighted by Crippen LogP contribution is -2.42. The van der Waals surface area contributed by atoms with Crippen LogP contribution in [0.2, 0.25) is 0 Å². The third-order valence-corrected chi connectivity index (χ3v) is 3.15. The Hall–Kier alpha value is -0.900. The van der Waals surface area contributed by atoms with Gasteiger partial charge in [-0.05, 0) is 19.3 Å². The van der Waals surface area contributed by atoms with E-state index in [1.165, 1.54) is 32.1 Å². The monoisotopic (exact) mass is 194 g/mol. The van der Waals surface area contributed by atoms with E-state index in [2.05, 4.69) is 10.1 Å². The highest BCUT2D eigenvalue weighted by Gasteiger charge is 2.26. The standard InChI is InChI=1S/C10H18N4/c11-10(4-2-1-3-5-10)6-7-14-9-12-8-13-14/h8-9H,1-7,11H2. The number of nitrogens with zero attached hydrogens (tertiary/aromatic N) is 3. The van der Waals surface area contributed by atoms with Gasteiger partial charge in [-0.25, -0.2) is 4.98 Å². The fraction of sp³-hybridized carbons (Fsp3) is 0.800. The number of hydrogen-bond donors (Lipinski definition) is 1. The first-order valence-corrected chi connectivity index (χ1v) is 5.40. The van der Waals surface area contributed by atoms with Crippen molar-refractivity contribution in [3.05, 3.63) is 12.7 Å². The minimum atomic E-state index is 0.0597. The van der Waals surface area contributed by atoms with Crippen LogP contribution in [0.25, 0.3) is 0 Å². The fourth-order valence-corrected chi connectivity index (χ4v) is 2.19. The van der Waals surface area contributed by atoms with Crippen molar-refractivity contribution in [2.75, 3.05) is 0 Å². The molecule has 1 aliphatic carbocycles. The topological polar surface area (TPSA) is 56.7 Å². The minimum absolute atomic E-state index is 0.0597. The lowest BCUT2D eigenvalue weighted by Gasteiger charge is -2.33. The first-order valence-electron chi connectivity index (χ1n) is 5.40. The summed E-state index contributed by atoms with van der Waals surface area (Å²) in [6.07, 6.45) is 10.6. The second kappa shape index (κ2) is 4.09. The highest BCUT2D eigenvalue weighted by molar-refractivity contribution is 4.86. The maximum Gasteiger partial charge on any atom is 0.137 e. The predicted octanol–water partition coefficient (Wildman–Crippen LogP) is 1.33. The molecule has 1 fully saturated rings. The van der Waals surface area contributed by atoms with E-state index >= 15 is 0 Å². The highest BCUT2D eigenvalue weighted by atomic mass is 15.3. The summed E-state index contributed by atoms with van der Waals surface area (Å²) < 4.78 is 1.86. The van der Waals surface area contributed by atoms with E-state index in [0.29, 0.717) is 0 Å². The van der Waals surface area contributed by atoms with Crippen LogP contribution in [0, 0.1) is 0 Å². The van der Waals surface area contributed by atoms with Crippen LogP contribution in [-0.2, 0) is 6.54 Å². The lowest BCUT2D eigenvalue weighted by molar-refractivity contribution is 0.262. The molecule has 0 aromatic carbocycles. The Morgan fingerprint density at radius 3 is 2.71 bits per heavy atom. The van der Waals surface area contributed by atoms with Gasteiger partial charge in [0, 0.05) is 12.1 Å². The Morgan fingerprint density at radius 2 is 2.07 bits per heavy atom. The molecular formula is C10H18N4. The molecule has 0 atom stereocenters. The third kappa shape index (κ3) is 2.32. The Morgan fingerprint density at radius 1 is 1.29 bits per heavy atom. The van der Waals surface area contributed by atoms with Crippen molar-refractivity contribution in [1.29, 1.82) is 0 Å². The molecule has 0 unspecified atom stereocenters. The van der Waals surface area contributed by atoms with Crippen LogP contribution in [-0.4, -0.2) is 20.3 Å². The SMILES string of the molecule is NC1(CCn2cncn2)CCCCC1. The molecule has 0 saturated heterocycles. The summed E-state index contributed by atoms with van der Waals surface area (Å²) in [7, 11) is 0. The van der Waals surface area contributed by atoms with E-state index in [0.717, 1.165) is 13.0 Å². The van der Waals surface area contributed by atoms with Gasteiger partial charge in [-0.3, -0.25) is 4.68 Å². The average molecular weight is 194 g/mol. The van der Waals surface area contributed by atoms with Crippen molar-refractivity contribution < 1.29 is 0 Å². The van der Waals surface area contributed by atoms with Crippen LogP contribution >= 0.6 is 0 Å². The number of aryl methyl sites for hydroxylation is 1. The normalized spacial score (nSPS) is 20.9. The number of rotatable bonds is 3. The van der Waals surface area contributed by atoms with Gasteiger partial charge in [0.2, 0.25) is 0 Å². The third-order valence-electron chi connectivity index (χ3n) is 3.15. The largest absolute Gasteiger partial charge is 0.325 e. The van der Waals surface area contributed by atoms with Gasteiger partial charge in [-0.1, -0.05) is 19.3 Å². The Balaban J connectivity index is 1.84. The quantitative estimate of drug-likeness (QED) is 0.789. The first-order chi connectivity index (χ1) is 6.79. The first kappa shape index (κ1) is 9.65. The average Bonchev–Trinajstić information content (AvgIpc) is 2.69. The summed E-state index contributed by atoms with van der Waals surface area (Å²) in [4.78, 5) is 3.92. The van der Waals surface area contributed by atoms with Gasteiger partial charge in [0.25, 0.3) is 0 Å². The van der Waals surface area contributed by atoms with Crippen molar-refractivity contribution in [1.82, 2.24) is 14.8 Å². The molecule has 1 aromatic rings. The van der Waals surface area contributed by atoms with E-state index in [1.54, 1.807) is 12.7 Å². The maximum absolute atomic E-state index is 6.31. The van der Waals surface area contributed by atoms with Crippen molar-refractivity contribution >= 4 is 0 Å². The summed E-state index contributed by atoms with van der Waals surface area (Å²) in [6.45, 7) is 0.899. The van der Waals surface area contributed by atoms with Crippen LogP contribution in [0.15, 0.2) is 12.7 Å². The smallest absolute Gasteiger partial charge is 0.137 e. The summed E-state index contributed by atoms with van der Waals surface area (Å²) in [5.41, 5.74) is 6.37. The number of aromatic nitrogens is 3. The summed E-state index contributed by atoms with van der Waals surface area (Å²) in [5, 5.41) is 4.08. The molecule has 0 aliphatic heterocycles. The predicted molar refractivity (Wildman–Crippen MR) is 54.6 cm³/mol. The van der Waals surface area contributed by atoms with E-state index in [-0.39, 0.29) is 5.54 Å². The molecule has 0 radical (unpaired) electrons. The minimum Gasteiger partial charge on any atom is -0.325 e. The molecule has 0 amide bonds. The van der Waals surface area contributed by atoms with E-state index < -0.39 is 0 Å². The number of hydrogen-bond acceptors (Lipinski definition) is 3. The van der Waals surface area contributed by atoms with Gasteiger partial charge in [0.1, 0.15) is 12.7 Å². The molecular weight excluding hydrogens is 176 g/mol. The molecule has 0 spiro atoms.